The van der Waals surface area contributed by atoms with Crippen molar-refractivity contribution in [2.24, 2.45) is 11.8 Å². The van der Waals surface area contributed by atoms with Gasteiger partial charge in [-0.25, -0.2) is 0 Å². The second kappa shape index (κ2) is 34.2. The molecule has 0 spiro atoms. The van der Waals surface area contributed by atoms with Gasteiger partial charge in [0.1, 0.15) is 13.2 Å². The highest BCUT2D eigenvalue weighted by atomic mass is 16.5. The molecule has 6 heteroatoms. The van der Waals surface area contributed by atoms with Gasteiger partial charge in [-0.1, -0.05) is 199 Å². The highest BCUT2D eigenvalue weighted by Crippen LogP contribution is 2.22. The Bertz CT molecular complexity index is 975. The number of unbranched alkanes of at least 4 members (excludes halogenated alkanes) is 16. The first-order chi connectivity index (χ1) is 25.5. The van der Waals surface area contributed by atoms with Gasteiger partial charge in [-0.15, -0.1) is 0 Å². The van der Waals surface area contributed by atoms with Gasteiger partial charge in [0.2, 0.25) is 5.91 Å². The summed E-state index contributed by atoms with van der Waals surface area (Å²) in [5.41, 5.74) is 1.04. The number of esters is 2. The van der Waals surface area contributed by atoms with Crippen molar-refractivity contribution in [1.29, 1.82) is 0 Å². The van der Waals surface area contributed by atoms with E-state index in [0.29, 0.717) is 13.1 Å². The zero-order chi connectivity index (χ0) is 37.9. The summed E-state index contributed by atoms with van der Waals surface area (Å²) in [5, 5.41) is 0. The molecule has 0 saturated carbocycles. The number of amides is 1. The predicted octanol–water partition coefficient (Wildman–Crippen LogP) is 12.7. The molecule has 0 heterocycles. The van der Waals surface area contributed by atoms with Crippen molar-refractivity contribution in [3.8, 4) is 0 Å². The van der Waals surface area contributed by atoms with Crippen LogP contribution in [-0.2, 0) is 23.9 Å². The molecule has 0 saturated heterocycles. The molecule has 0 N–H and O–H groups in total. The number of carbonyl (C=O) groups is 3. The van der Waals surface area contributed by atoms with E-state index in [0.717, 1.165) is 82.6 Å². The quantitative estimate of drug-likeness (QED) is 0.0514. The Labute approximate surface area is 320 Å². The summed E-state index contributed by atoms with van der Waals surface area (Å²) in [6, 6.07) is 9.93. The van der Waals surface area contributed by atoms with Crippen molar-refractivity contribution in [2.45, 2.75) is 188 Å². The van der Waals surface area contributed by atoms with E-state index in [1.807, 2.05) is 42.5 Å². The molecule has 0 aromatic heterocycles. The summed E-state index contributed by atoms with van der Waals surface area (Å²) in [5.74, 6) is -0.488. The molecular formula is C46H79NO5. The smallest absolute Gasteiger partial charge is 0.308 e. The largest absolute Gasteiger partial charge is 0.464 e. The summed E-state index contributed by atoms with van der Waals surface area (Å²) in [7, 11) is 0. The van der Waals surface area contributed by atoms with Crippen LogP contribution < -0.4 is 0 Å². The van der Waals surface area contributed by atoms with Crippen LogP contribution in [0.5, 0.6) is 0 Å². The third-order valence-corrected chi connectivity index (χ3v) is 10.3. The average Bonchev–Trinajstić information content (AvgIpc) is 3.15. The Balaban J connectivity index is 2.82. The van der Waals surface area contributed by atoms with Crippen molar-refractivity contribution in [3.63, 3.8) is 0 Å². The highest BCUT2D eigenvalue weighted by molar-refractivity contribution is 5.79. The zero-order valence-electron chi connectivity index (χ0n) is 34.2. The summed E-state index contributed by atoms with van der Waals surface area (Å²) >= 11 is 0. The molecule has 298 valence electrons. The monoisotopic (exact) mass is 726 g/mol. The van der Waals surface area contributed by atoms with E-state index in [1.54, 1.807) is 4.90 Å². The molecule has 0 bridgehead atoms. The maximum atomic E-state index is 13.5. The molecule has 0 aliphatic rings. The first-order valence-corrected chi connectivity index (χ1v) is 21.8. The molecule has 0 aliphatic carbocycles. The third kappa shape index (κ3) is 25.4. The second-order valence-electron chi connectivity index (χ2n) is 14.9. The first-order valence-electron chi connectivity index (χ1n) is 21.8. The fourth-order valence-electron chi connectivity index (χ4n) is 6.84. The van der Waals surface area contributed by atoms with Crippen molar-refractivity contribution in [1.82, 2.24) is 4.90 Å². The lowest BCUT2D eigenvalue weighted by Gasteiger charge is -2.24. The number of hydrogen-bond acceptors (Lipinski definition) is 5. The summed E-state index contributed by atoms with van der Waals surface area (Å²) < 4.78 is 11.7. The third-order valence-electron chi connectivity index (χ3n) is 10.3. The molecule has 1 rings (SSSR count). The van der Waals surface area contributed by atoms with E-state index in [2.05, 4.69) is 27.7 Å². The minimum absolute atomic E-state index is 0.0642. The summed E-state index contributed by atoms with van der Waals surface area (Å²) in [4.78, 5) is 41.8. The van der Waals surface area contributed by atoms with E-state index in [4.69, 9.17) is 9.47 Å². The van der Waals surface area contributed by atoms with Gasteiger partial charge in [0, 0.05) is 6.42 Å². The van der Waals surface area contributed by atoms with Gasteiger partial charge in [0.05, 0.1) is 24.9 Å². The number of ether oxygens (including phenoxy) is 2. The van der Waals surface area contributed by atoms with Crippen LogP contribution in [0.2, 0.25) is 0 Å². The lowest BCUT2D eigenvalue weighted by molar-refractivity contribution is -0.152. The lowest BCUT2D eigenvalue weighted by Crippen LogP contribution is -2.37. The maximum Gasteiger partial charge on any atom is 0.308 e. The minimum atomic E-state index is -0.131. The van der Waals surface area contributed by atoms with Crippen LogP contribution >= 0.6 is 0 Å². The molecule has 0 aliphatic heterocycles. The topological polar surface area (TPSA) is 72.9 Å². The molecule has 1 amide bonds. The molecule has 52 heavy (non-hydrogen) atoms. The maximum absolute atomic E-state index is 13.5. The van der Waals surface area contributed by atoms with E-state index in [9.17, 15) is 14.4 Å². The second-order valence-corrected chi connectivity index (χ2v) is 14.9. The molecule has 6 nitrogen and oxygen atoms in total. The number of nitrogens with zero attached hydrogens (tertiary/aromatic N) is 1. The fourth-order valence-corrected chi connectivity index (χ4v) is 6.84. The van der Waals surface area contributed by atoms with Crippen LogP contribution in [0.3, 0.4) is 0 Å². The van der Waals surface area contributed by atoms with E-state index >= 15 is 0 Å². The average molecular weight is 726 g/mol. The van der Waals surface area contributed by atoms with Gasteiger partial charge < -0.3 is 14.4 Å². The van der Waals surface area contributed by atoms with Crippen LogP contribution in [0.1, 0.15) is 194 Å². The van der Waals surface area contributed by atoms with Crippen molar-refractivity contribution in [3.05, 3.63) is 42.0 Å². The predicted molar refractivity (Wildman–Crippen MR) is 219 cm³/mol. The van der Waals surface area contributed by atoms with Crippen LogP contribution in [0.15, 0.2) is 36.4 Å². The van der Waals surface area contributed by atoms with Gasteiger partial charge in [-0.2, -0.15) is 0 Å². The fraction of sp³-hybridized carbons (Fsp3) is 0.761. The number of rotatable bonds is 35. The summed E-state index contributed by atoms with van der Waals surface area (Å²) in [6.45, 7) is 9.76. The molecule has 2 unspecified atom stereocenters. The van der Waals surface area contributed by atoms with E-state index in [1.165, 1.54) is 77.0 Å². The van der Waals surface area contributed by atoms with Crippen molar-refractivity contribution in [2.75, 3.05) is 26.3 Å². The van der Waals surface area contributed by atoms with E-state index < -0.39 is 0 Å². The molecular weight excluding hydrogens is 647 g/mol. The van der Waals surface area contributed by atoms with Gasteiger partial charge in [0.25, 0.3) is 0 Å². The standard InChI is InChI=1S/C46H79NO5/c1-5-9-13-17-19-26-34-42(32-24-15-11-7-3)45(49)51-39-37-47(44(48)36-28-31-41-29-22-21-23-30-41)38-40-52-46(50)43(33-25-16-12-8-4)35-27-20-18-14-10-6-2/h21-23,28-31,42-43H,5-20,24-27,32-40H2,1-4H3/b31-28+. The Morgan fingerprint density at radius 2 is 0.904 bits per heavy atom. The van der Waals surface area contributed by atoms with Gasteiger partial charge >= 0.3 is 11.9 Å². The zero-order valence-corrected chi connectivity index (χ0v) is 34.2. The van der Waals surface area contributed by atoms with Gasteiger partial charge in [-0.3, -0.25) is 14.4 Å². The minimum Gasteiger partial charge on any atom is -0.464 e. The molecule has 1 aromatic carbocycles. The normalized spacial score (nSPS) is 12.5. The first kappa shape index (κ1) is 47.4. The van der Waals surface area contributed by atoms with Crippen LogP contribution in [0.25, 0.3) is 6.08 Å². The number of benzene rings is 1. The Kier molecular flexibility index (Phi) is 31.1. The molecule has 1 aromatic rings. The molecule has 2 atom stereocenters. The Hall–Kier alpha value is -2.63. The molecule has 0 radical (unpaired) electrons. The molecule has 0 fully saturated rings. The number of carbonyl (C=O) groups excluding carboxylic acids is 3. The lowest BCUT2D eigenvalue weighted by atomic mass is 9.94. The van der Waals surface area contributed by atoms with Gasteiger partial charge in [-0.05, 0) is 31.2 Å². The van der Waals surface area contributed by atoms with Gasteiger partial charge in [0.15, 0.2) is 0 Å². The Morgan fingerprint density at radius 1 is 0.538 bits per heavy atom. The van der Waals surface area contributed by atoms with Crippen molar-refractivity contribution >= 4 is 23.9 Å². The van der Waals surface area contributed by atoms with Crippen molar-refractivity contribution < 1.29 is 23.9 Å². The van der Waals surface area contributed by atoms with Crippen LogP contribution in [-0.4, -0.2) is 49.0 Å². The van der Waals surface area contributed by atoms with Crippen LogP contribution in [0.4, 0.5) is 0 Å². The van der Waals surface area contributed by atoms with E-state index in [-0.39, 0.29) is 49.3 Å². The summed E-state index contributed by atoms with van der Waals surface area (Å²) in [6.07, 6.45) is 31.1. The Morgan fingerprint density at radius 3 is 1.31 bits per heavy atom. The SMILES string of the molecule is CCCCCCCCC(CCCCCC)C(=O)OCCN(CCOC(=O)C(CCCCCC)CCCCCCCC)C(=O)C/C=C/c1ccccc1. The number of hydrogen-bond donors (Lipinski definition) is 0. The highest BCUT2D eigenvalue weighted by Gasteiger charge is 2.22. The van der Waals surface area contributed by atoms with Crippen LogP contribution in [0, 0.1) is 11.8 Å².